The molecule has 0 saturated carbocycles. The van der Waals surface area contributed by atoms with Crippen molar-refractivity contribution in [1.82, 2.24) is 9.13 Å². The predicted octanol–water partition coefficient (Wildman–Crippen LogP) is 14.9. The Morgan fingerprint density at radius 2 is 0.914 bits per heavy atom. The fourth-order valence-corrected chi connectivity index (χ4v) is 9.19. The first-order valence-electron chi connectivity index (χ1n) is 19.8. The van der Waals surface area contributed by atoms with Crippen molar-refractivity contribution < 1.29 is 4.42 Å². The Hall–Kier alpha value is -7.82. The fourth-order valence-electron chi connectivity index (χ4n) is 9.19. The van der Waals surface area contributed by atoms with Gasteiger partial charge in [0, 0.05) is 49.4 Å². The molecule has 0 aliphatic rings. The Morgan fingerprint density at radius 1 is 0.345 bits per heavy atom. The van der Waals surface area contributed by atoms with Crippen molar-refractivity contribution in [3.63, 3.8) is 0 Å². The molecule has 4 heteroatoms. The summed E-state index contributed by atoms with van der Waals surface area (Å²) < 4.78 is 11.6. The largest absolute Gasteiger partial charge is 0.454 e. The maximum Gasteiger partial charge on any atom is 0.159 e. The second kappa shape index (κ2) is 12.9. The SMILES string of the molecule is c1ccc(-c2cccc(-n3c4ccccc4c4c(N(c5ccc6c7ccccc7n(-c7ccccc7)c6c5)c5cccc6c5oc5ccccc56)cccc43)c2)cc1. The van der Waals surface area contributed by atoms with Gasteiger partial charge in [0.15, 0.2) is 5.58 Å². The number of para-hydroxylation sites is 5. The Labute approximate surface area is 334 Å². The summed E-state index contributed by atoms with van der Waals surface area (Å²) in [5, 5.41) is 6.97. The highest BCUT2D eigenvalue weighted by atomic mass is 16.3. The van der Waals surface area contributed by atoms with Crippen LogP contribution in [0.2, 0.25) is 0 Å². The Bertz CT molecular complexity index is 3520. The summed E-state index contributed by atoms with van der Waals surface area (Å²) in [4.78, 5) is 2.41. The number of benzene rings is 9. The highest BCUT2D eigenvalue weighted by Gasteiger charge is 2.25. The third-order valence-electron chi connectivity index (χ3n) is 11.7. The smallest absolute Gasteiger partial charge is 0.159 e. The predicted molar refractivity (Wildman–Crippen MR) is 243 cm³/mol. The molecule has 0 atom stereocenters. The van der Waals surface area contributed by atoms with Crippen molar-refractivity contribution in [2.75, 3.05) is 4.90 Å². The zero-order valence-electron chi connectivity index (χ0n) is 31.5. The van der Waals surface area contributed by atoms with Crippen LogP contribution in [0.1, 0.15) is 0 Å². The molecule has 58 heavy (non-hydrogen) atoms. The molecule has 4 nitrogen and oxygen atoms in total. The van der Waals surface area contributed by atoms with Crippen LogP contribution in [-0.2, 0) is 0 Å². The molecular weight excluding hydrogens is 707 g/mol. The average Bonchev–Trinajstić information content (AvgIpc) is 3.95. The molecule has 0 amide bonds. The summed E-state index contributed by atoms with van der Waals surface area (Å²) in [6, 6.07) is 76.2. The molecule has 9 aromatic carbocycles. The van der Waals surface area contributed by atoms with Crippen LogP contribution in [0.15, 0.2) is 217 Å². The third kappa shape index (κ3) is 4.88. The molecule has 0 unspecified atom stereocenters. The highest BCUT2D eigenvalue weighted by Crippen LogP contribution is 2.48. The van der Waals surface area contributed by atoms with Crippen LogP contribution in [0.25, 0.3) is 88.1 Å². The van der Waals surface area contributed by atoms with Crippen molar-refractivity contribution in [3.8, 4) is 22.5 Å². The van der Waals surface area contributed by atoms with E-state index in [0.29, 0.717) is 0 Å². The van der Waals surface area contributed by atoms with Crippen molar-refractivity contribution >= 4 is 82.6 Å². The lowest BCUT2D eigenvalue weighted by Gasteiger charge is -2.27. The zero-order chi connectivity index (χ0) is 38.2. The summed E-state index contributed by atoms with van der Waals surface area (Å²) in [6.45, 7) is 0. The lowest BCUT2D eigenvalue weighted by atomic mass is 10.1. The lowest BCUT2D eigenvalue weighted by Crippen LogP contribution is -2.11. The Morgan fingerprint density at radius 3 is 1.76 bits per heavy atom. The van der Waals surface area contributed by atoms with Gasteiger partial charge in [0.2, 0.25) is 0 Å². The molecule has 0 N–H and O–H groups in total. The van der Waals surface area contributed by atoms with E-state index in [1.165, 1.54) is 38.2 Å². The van der Waals surface area contributed by atoms with E-state index in [1.807, 2.05) is 6.07 Å². The summed E-state index contributed by atoms with van der Waals surface area (Å²) >= 11 is 0. The molecule has 0 radical (unpaired) electrons. The minimum atomic E-state index is 0.851. The molecule has 0 aliphatic heterocycles. The average molecular weight is 742 g/mol. The van der Waals surface area contributed by atoms with E-state index in [-0.39, 0.29) is 0 Å². The molecule has 0 aliphatic carbocycles. The number of aromatic nitrogens is 2. The standard InChI is InChI=1S/C54H35N3O/c1-3-16-36(17-4-1)37-18-13-21-39(34-37)56-47-27-11-8-24-45(47)53-48(56)28-15-29-49(53)57(50-30-14-25-44-43-23-9-12-31-52(43)58-54(44)50)40-32-33-42-41-22-7-10-26-46(41)55(51(42)35-40)38-19-5-2-6-20-38/h1-35H. The summed E-state index contributed by atoms with van der Waals surface area (Å²) in [5.74, 6) is 0. The minimum absolute atomic E-state index is 0.851. The monoisotopic (exact) mass is 741 g/mol. The summed E-state index contributed by atoms with van der Waals surface area (Å²) in [5.41, 5.74) is 14.0. The van der Waals surface area contributed by atoms with Gasteiger partial charge < -0.3 is 18.5 Å². The van der Waals surface area contributed by atoms with Gasteiger partial charge in [-0.05, 0) is 83.9 Å². The fraction of sp³-hybridized carbons (Fsp3) is 0. The van der Waals surface area contributed by atoms with Gasteiger partial charge in [0.25, 0.3) is 0 Å². The molecule has 0 spiro atoms. The van der Waals surface area contributed by atoms with Gasteiger partial charge in [-0.25, -0.2) is 0 Å². The van der Waals surface area contributed by atoms with E-state index in [2.05, 4.69) is 220 Å². The van der Waals surface area contributed by atoms with Gasteiger partial charge in [0.1, 0.15) is 5.58 Å². The van der Waals surface area contributed by atoms with E-state index in [1.54, 1.807) is 0 Å². The van der Waals surface area contributed by atoms with Crippen LogP contribution in [0.5, 0.6) is 0 Å². The van der Waals surface area contributed by atoms with Gasteiger partial charge in [-0.3, -0.25) is 0 Å². The van der Waals surface area contributed by atoms with Crippen molar-refractivity contribution in [1.29, 1.82) is 0 Å². The number of rotatable bonds is 6. The second-order valence-electron chi connectivity index (χ2n) is 14.9. The number of fused-ring (bicyclic) bond motifs is 9. The van der Waals surface area contributed by atoms with Crippen LogP contribution in [0.4, 0.5) is 17.1 Å². The number of hydrogen-bond acceptors (Lipinski definition) is 2. The number of hydrogen-bond donors (Lipinski definition) is 0. The van der Waals surface area contributed by atoms with Gasteiger partial charge in [0.05, 0.1) is 33.4 Å². The zero-order valence-corrected chi connectivity index (χ0v) is 31.5. The lowest BCUT2D eigenvalue weighted by molar-refractivity contribution is 0.669. The summed E-state index contributed by atoms with van der Waals surface area (Å²) in [6.07, 6.45) is 0. The number of nitrogens with zero attached hydrogens (tertiary/aromatic N) is 3. The molecule has 0 bridgehead atoms. The van der Waals surface area contributed by atoms with E-state index in [4.69, 9.17) is 4.42 Å². The van der Waals surface area contributed by atoms with Crippen LogP contribution in [-0.4, -0.2) is 9.13 Å². The van der Waals surface area contributed by atoms with Gasteiger partial charge >= 0.3 is 0 Å². The van der Waals surface area contributed by atoms with Gasteiger partial charge in [-0.15, -0.1) is 0 Å². The Kier molecular flexibility index (Phi) is 7.20. The van der Waals surface area contributed by atoms with Gasteiger partial charge in [-0.2, -0.15) is 0 Å². The van der Waals surface area contributed by atoms with Crippen molar-refractivity contribution in [3.05, 3.63) is 212 Å². The maximum atomic E-state index is 6.81. The van der Waals surface area contributed by atoms with E-state index >= 15 is 0 Å². The van der Waals surface area contributed by atoms with Crippen LogP contribution >= 0.6 is 0 Å². The van der Waals surface area contributed by atoms with Crippen molar-refractivity contribution in [2.45, 2.75) is 0 Å². The topological polar surface area (TPSA) is 26.2 Å². The first-order chi connectivity index (χ1) is 28.8. The molecule has 272 valence electrons. The molecule has 0 saturated heterocycles. The van der Waals surface area contributed by atoms with E-state index < -0.39 is 0 Å². The quantitative estimate of drug-likeness (QED) is 0.170. The summed E-state index contributed by atoms with van der Waals surface area (Å²) in [7, 11) is 0. The molecule has 3 heterocycles. The van der Waals surface area contributed by atoms with Crippen LogP contribution < -0.4 is 4.90 Å². The second-order valence-corrected chi connectivity index (χ2v) is 14.9. The maximum absolute atomic E-state index is 6.81. The molecular formula is C54H35N3O. The van der Waals surface area contributed by atoms with E-state index in [0.717, 1.165) is 66.9 Å². The first-order valence-corrected chi connectivity index (χ1v) is 19.8. The minimum Gasteiger partial charge on any atom is -0.454 e. The van der Waals surface area contributed by atoms with Crippen LogP contribution in [0.3, 0.4) is 0 Å². The Balaban J connectivity index is 1.17. The molecule has 12 aromatic rings. The first kappa shape index (κ1) is 32.4. The number of anilines is 3. The molecule has 3 aromatic heterocycles. The number of furan rings is 1. The highest BCUT2D eigenvalue weighted by molar-refractivity contribution is 6.19. The molecule has 0 fully saturated rings. The molecule has 12 rings (SSSR count). The van der Waals surface area contributed by atoms with Crippen molar-refractivity contribution in [2.24, 2.45) is 0 Å². The normalized spacial score (nSPS) is 11.8. The third-order valence-corrected chi connectivity index (χ3v) is 11.7. The van der Waals surface area contributed by atoms with E-state index in [9.17, 15) is 0 Å². The van der Waals surface area contributed by atoms with Crippen LogP contribution in [0, 0.1) is 0 Å². The van der Waals surface area contributed by atoms with Gasteiger partial charge in [-0.1, -0.05) is 140 Å².